The molecule has 1 saturated heterocycles. The zero-order valence-corrected chi connectivity index (χ0v) is 17.9. The van der Waals surface area contributed by atoms with Crippen molar-refractivity contribution in [2.75, 3.05) is 54.5 Å². The van der Waals surface area contributed by atoms with Crippen LogP contribution in [0.4, 0.5) is 0 Å². The van der Waals surface area contributed by atoms with Gasteiger partial charge in [-0.1, -0.05) is 12.8 Å². The molecule has 1 N–H and O–H groups in total. The third-order valence-corrected chi connectivity index (χ3v) is 6.24. The van der Waals surface area contributed by atoms with Crippen LogP contribution in [0, 0.1) is 0 Å². The standard InChI is InChI=1S/C22H36N4O2/c1-23-22(24-10-12-25(2)19-7-5-6-8-19)26-11-9-17(16-26)18-13-20(27-3)15-21(14-18)28-4/h13-15,17,19H,5-12,16H2,1-4H3,(H,23,24). The molecule has 3 rings (SSSR count). The number of guanidine groups is 1. The third-order valence-electron chi connectivity index (χ3n) is 6.24. The molecule has 6 nitrogen and oxygen atoms in total. The van der Waals surface area contributed by atoms with Gasteiger partial charge in [0.25, 0.3) is 0 Å². The summed E-state index contributed by atoms with van der Waals surface area (Å²) in [6, 6.07) is 6.95. The zero-order chi connectivity index (χ0) is 19.9. The molecule has 0 aromatic heterocycles. The maximum atomic E-state index is 5.44. The Hall–Kier alpha value is -1.95. The summed E-state index contributed by atoms with van der Waals surface area (Å²) in [4.78, 5) is 9.39. The molecule has 1 aliphatic carbocycles. The normalized spacial score (nSPS) is 20.8. The van der Waals surface area contributed by atoms with Crippen LogP contribution in [0.1, 0.15) is 43.6 Å². The summed E-state index contributed by atoms with van der Waals surface area (Å²) in [6.45, 7) is 3.98. The fraction of sp³-hybridized carbons (Fsp3) is 0.682. The molecule has 6 heteroatoms. The molecule has 0 amide bonds. The number of ether oxygens (including phenoxy) is 2. The highest BCUT2D eigenvalue weighted by Gasteiger charge is 2.27. The minimum Gasteiger partial charge on any atom is -0.497 e. The van der Waals surface area contributed by atoms with Gasteiger partial charge in [0.15, 0.2) is 5.96 Å². The Bertz CT molecular complexity index is 636. The van der Waals surface area contributed by atoms with E-state index in [1.165, 1.54) is 31.2 Å². The van der Waals surface area contributed by atoms with Gasteiger partial charge in [0.05, 0.1) is 14.2 Å². The van der Waals surface area contributed by atoms with E-state index in [9.17, 15) is 0 Å². The van der Waals surface area contributed by atoms with Gasteiger partial charge in [0, 0.05) is 51.3 Å². The summed E-state index contributed by atoms with van der Waals surface area (Å²) in [7, 11) is 7.54. The highest BCUT2D eigenvalue weighted by atomic mass is 16.5. The minimum absolute atomic E-state index is 0.462. The number of hydrogen-bond donors (Lipinski definition) is 1. The van der Waals surface area contributed by atoms with Crippen molar-refractivity contribution >= 4 is 5.96 Å². The lowest BCUT2D eigenvalue weighted by Gasteiger charge is -2.26. The SMILES string of the molecule is CN=C(NCCN(C)C1CCCC1)N1CCC(c2cc(OC)cc(OC)c2)C1. The molecule has 2 fully saturated rings. The molecule has 1 aliphatic heterocycles. The number of nitrogens with zero attached hydrogens (tertiary/aromatic N) is 3. The fourth-order valence-electron chi connectivity index (χ4n) is 4.49. The second-order valence-corrected chi connectivity index (χ2v) is 7.97. The second kappa shape index (κ2) is 10.0. The van der Waals surface area contributed by atoms with Crippen LogP contribution in [0.25, 0.3) is 0 Å². The average molecular weight is 389 g/mol. The zero-order valence-electron chi connectivity index (χ0n) is 17.9. The fourth-order valence-corrected chi connectivity index (χ4v) is 4.49. The number of hydrogen-bond acceptors (Lipinski definition) is 4. The summed E-state index contributed by atoms with van der Waals surface area (Å²) >= 11 is 0. The highest BCUT2D eigenvalue weighted by molar-refractivity contribution is 5.80. The van der Waals surface area contributed by atoms with Gasteiger partial charge in [-0.3, -0.25) is 4.99 Å². The van der Waals surface area contributed by atoms with Crippen molar-refractivity contribution in [2.45, 2.75) is 44.1 Å². The lowest BCUT2D eigenvalue weighted by molar-refractivity contribution is 0.248. The predicted octanol–water partition coefficient (Wildman–Crippen LogP) is 2.94. The van der Waals surface area contributed by atoms with Gasteiger partial charge in [-0.2, -0.15) is 0 Å². The van der Waals surface area contributed by atoms with Gasteiger partial charge in [-0.15, -0.1) is 0 Å². The number of benzene rings is 1. The molecule has 0 spiro atoms. The van der Waals surface area contributed by atoms with E-state index in [1.54, 1.807) is 14.2 Å². The van der Waals surface area contributed by atoms with E-state index in [0.717, 1.165) is 56.1 Å². The first-order chi connectivity index (χ1) is 13.6. The molecule has 1 unspecified atom stereocenters. The number of aliphatic imine (C=N–C) groups is 1. The van der Waals surface area contributed by atoms with Gasteiger partial charge in [0.1, 0.15) is 11.5 Å². The van der Waals surface area contributed by atoms with Gasteiger partial charge in [-0.25, -0.2) is 0 Å². The highest BCUT2D eigenvalue weighted by Crippen LogP contribution is 2.32. The van der Waals surface area contributed by atoms with Gasteiger partial charge in [0.2, 0.25) is 0 Å². The van der Waals surface area contributed by atoms with E-state index < -0.39 is 0 Å². The largest absolute Gasteiger partial charge is 0.497 e. The van der Waals surface area contributed by atoms with Crippen molar-refractivity contribution in [1.82, 2.24) is 15.1 Å². The smallest absolute Gasteiger partial charge is 0.193 e. The predicted molar refractivity (Wildman–Crippen MR) is 115 cm³/mol. The Labute approximate surface area is 169 Å². The molecule has 1 aromatic rings. The quantitative estimate of drug-likeness (QED) is 0.575. The molecule has 1 atom stereocenters. The van der Waals surface area contributed by atoms with Crippen molar-refractivity contribution in [1.29, 1.82) is 0 Å². The summed E-state index contributed by atoms with van der Waals surface area (Å²) in [6.07, 6.45) is 6.58. The first kappa shape index (κ1) is 20.8. The topological polar surface area (TPSA) is 49.3 Å². The summed E-state index contributed by atoms with van der Waals surface area (Å²) in [5.41, 5.74) is 1.27. The van der Waals surface area contributed by atoms with Crippen molar-refractivity contribution in [3.8, 4) is 11.5 Å². The summed E-state index contributed by atoms with van der Waals surface area (Å²) < 4.78 is 10.9. The first-order valence-electron chi connectivity index (χ1n) is 10.5. The molecular formula is C22H36N4O2. The molecule has 2 aliphatic rings. The number of methoxy groups -OCH3 is 2. The Balaban J connectivity index is 1.53. The molecule has 0 bridgehead atoms. The lowest BCUT2D eigenvalue weighted by atomic mass is 9.98. The molecule has 1 saturated carbocycles. The maximum absolute atomic E-state index is 5.44. The average Bonchev–Trinajstić information content (AvgIpc) is 3.43. The van der Waals surface area contributed by atoms with Crippen molar-refractivity contribution in [3.05, 3.63) is 23.8 Å². The van der Waals surface area contributed by atoms with Crippen LogP contribution in [0.3, 0.4) is 0 Å². The Morgan fingerprint density at radius 3 is 2.43 bits per heavy atom. The van der Waals surface area contributed by atoms with Crippen molar-refractivity contribution < 1.29 is 9.47 Å². The van der Waals surface area contributed by atoms with E-state index in [1.807, 2.05) is 13.1 Å². The van der Waals surface area contributed by atoms with E-state index in [2.05, 4.69) is 39.3 Å². The molecule has 1 heterocycles. The molecule has 0 radical (unpaired) electrons. The van der Waals surface area contributed by atoms with Crippen molar-refractivity contribution in [3.63, 3.8) is 0 Å². The number of nitrogens with one attached hydrogen (secondary N) is 1. The first-order valence-corrected chi connectivity index (χ1v) is 10.5. The van der Waals surface area contributed by atoms with Crippen LogP contribution in [-0.4, -0.2) is 76.3 Å². The van der Waals surface area contributed by atoms with Crippen LogP contribution in [0.2, 0.25) is 0 Å². The van der Waals surface area contributed by atoms with Crippen LogP contribution in [0.15, 0.2) is 23.2 Å². The number of likely N-dealkylation sites (N-methyl/N-ethyl adjacent to an activating group) is 1. The Morgan fingerprint density at radius 2 is 1.82 bits per heavy atom. The van der Waals surface area contributed by atoms with Crippen LogP contribution < -0.4 is 14.8 Å². The van der Waals surface area contributed by atoms with Crippen molar-refractivity contribution in [2.24, 2.45) is 4.99 Å². The molecular weight excluding hydrogens is 352 g/mol. The van der Waals surface area contributed by atoms with Gasteiger partial charge in [-0.05, 0) is 44.0 Å². The van der Waals surface area contributed by atoms with E-state index in [-0.39, 0.29) is 0 Å². The van der Waals surface area contributed by atoms with Crippen LogP contribution >= 0.6 is 0 Å². The summed E-state index contributed by atoms with van der Waals surface area (Å²) in [5.74, 6) is 3.18. The second-order valence-electron chi connectivity index (χ2n) is 7.97. The Morgan fingerprint density at radius 1 is 1.14 bits per heavy atom. The summed E-state index contributed by atoms with van der Waals surface area (Å²) in [5, 5.41) is 3.57. The number of rotatable bonds is 7. The van der Waals surface area contributed by atoms with E-state index in [0.29, 0.717) is 5.92 Å². The van der Waals surface area contributed by atoms with Crippen LogP contribution in [0.5, 0.6) is 11.5 Å². The van der Waals surface area contributed by atoms with Gasteiger partial charge < -0.3 is 24.6 Å². The molecule has 28 heavy (non-hydrogen) atoms. The lowest BCUT2D eigenvalue weighted by Crippen LogP contribution is -2.44. The molecule has 156 valence electrons. The maximum Gasteiger partial charge on any atom is 0.193 e. The monoisotopic (exact) mass is 388 g/mol. The third kappa shape index (κ3) is 5.10. The van der Waals surface area contributed by atoms with Crippen LogP contribution in [-0.2, 0) is 0 Å². The minimum atomic E-state index is 0.462. The van der Waals surface area contributed by atoms with E-state index >= 15 is 0 Å². The Kier molecular flexibility index (Phi) is 7.43. The number of likely N-dealkylation sites (tertiary alicyclic amines) is 1. The van der Waals surface area contributed by atoms with E-state index in [4.69, 9.17) is 9.47 Å². The van der Waals surface area contributed by atoms with Gasteiger partial charge >= 0.3 is 0 Å². The molecule has 1 aromatic carbocycles.